The molecule has 0 saturated carbocycles. The van der Waals surface area contributed by atoms with E-state index in [1.54, 1.807) is 11.0 Å². The number of halogens is 1. The van der Waals surface area contributed by atoms with Gasteiger partial charge in [0.05, 0.1) is 23.8 Å². The minimum Gasteiger partial charge on any atom is -0.392 e. The van der Waals surface area contributed by atoms with Crippen molar-refractivity contribution < 1.29 is 14.4 Å². The first-order valence-electron chi connectivity index (χ1n) is 8.24. The summed E-state index contributed by atoms with van der Waals surface area (Å²) in [5.74, 6) is -0.978. The van der Waals surface area contributed by atoms with Gasteiger partial charge in [0.25, 0.3) is 0 Å². The van der Waals surface area contributed by atoms with Gasteiger partial charge in [0, 0.05) is 11.5 Å². The molecule has 0 spiro atoms. The van der Waals surface area contributed by atoms with Crippen molar-refractivity contribution in [3.05, 3.63) is 11.6 Å². The van der Waals surface area contributed by atoms with Crippen LogP contribution in [-0.2, 0) is 14.4 Å². The lowest BCUT2D eigenvalue weighted by atomic mass is 9.87. The number of likely N-dealkylation sites (tertiary alicyclic amines) is 1. The van der Waals surface area contributed by atoms with E-state index in [1.807, 2.05) is 20.8 Å². The van der Waals surface area contributed by atoms with Gasteiger partial charge in [-0.25, -0.2) is 0 Å². The van der Waals surface area contributed by atoms with Crippen LogP contribution in [-0.4, -0.2) is 46.9 Å². The Morgan fingerprint density at radius 1 is 1.42 bits per heavy atom. The highest BCUT2D eigenvalue weighted by Crippen LogP contribution is 2.19. The molecule has 134 valence electrons. The van der Waals surface area contributed by atoms with Crippen LogP contribution in [0.15, 0.2) is 16.8 Å². The van der Waals surface area contributed by atoms with Crippen molar-refractivity contribution in [3.8, 4) is 0 Å². The molecule has 0 radical (unpaired) electrons. The summed E-state index contributed by atoms with van der Waals surface area (Å²) in [6.45, 7) is 6.53. The monoisotopic (exact) mass is 372 g/mol. The van der Waals surface area contributed by atoms with Gasteiger partial charge in [-0.05, 0) is 18.9 Å². The van der Waals surface area contributed by atoms with Crippen LogP contribution in [0.25, 0.3) is 0 Å². The van der Waals surface area contributed by atoms with E-state index in [0.29, 0.717) is 17.1 Å². The van der Waals surface area contributed by atoms with Crippen molar-refractivity contribution in [2.75, 3.05) is 19.7 Å². The van der Waals surface area contributed by atoms with Gasteiger partial charge >= 0.3 is 0 Å². The van der Waals surface area contributed by atoms with Crippen molar-refractivity contribution in [2.45, 2.75) is 40.0 Å². The molecule has 1 saturated heterocycles. The van der Waals surface area contributed by atoms with E-state index in [-0.39, 0.29) is 37.2 Å². The van der Waals surface area contributed by atoms with Crippen LogP contribution in [0.5, 0.6) is 0 Å². The molecule has 0 N–H and O–H groups in total. The summed E-state index contributed by atoms with van der Waals surface area (Å²) in [7, 11) is 0. The Balaban J connectivity index is 2.86. The lowest BCUT2D eigenvalue weighted by molar-refractivity contribution is -0.134. The number of carbonyl (C=O) groups is 2. The third-order valence-electron chi connectivity index (χ3n) is 3.96. The Morgan fingerprint density at radius 3 is 2.54 bits per heavy atom. The summed E-state index contributed by atoms with van der Waals surface area (Å²) in [6.07, 6.45) is 3.79. The number of thiocarbonyl (C=S) groups is 1. The van der Waals surface area contributed by atoms with Crippen LogP contribution >= 0.6 is 23.8 Å². The summed E-state index contributed by atoms with van der Waals surface area (Å²) in [4.78, 5) is 32.6. The van der Waals surface area contributed by atoms with Crippen LogP contribution < -0.4 is 0 Å². The maximum absolute atomic E-state index is 12.5. The fourth-order valence-electron chi connectivity index (χ4n) is 2.51. The summed E-state index contributed by atoms with van der Waals surface area (Å²) in [6, 6.07) is 0. The highest BCUT2D eigenvalue weighted by molar-refractivity contribution is 7.80. The van der Waals surface area contributed by atoms with Gasteiger partial charge in [-0.3, -0.25) is 9.59 Å². The summed E-state index contributed by atoms with van der Waals surface area (Å²) >= 11 is 10.8. The molecule has 0 amide bonds. The zero-order chi connectivity index (χ0) is 18.1. The number of rotatable bonds is 8. The molecule has 1 rings (SSSR count). The normalized spacial score (nSPS) is 18.3. The fourth-order valence-corrected chi connectivity index (χ4v) is 2.87. The number of piperidine rings is 1. The lowest BCUT2D eigenvalue weighted by Crippen LogP contribution is -2.52. The first kappa shape index (κ1) is 20.8. The van der Waals surface area contributed by atoms with Crippen molar-refractivity contribution in [2.24, 2.45) is 17.0 Å². The molecule has 0 aromatic rings. The zero-order valence-electron chi connectivity index (χ0n) is 14.5. The standard InChI is InChI=1S/C17H25ClN2O3S/c1-4-7-13(19-23-9-6-8-18)16-14(21)10-20(11-15(16)22)17(24)12(3)5-2/h6,8,12,16H,4-5,7,9-11H2,1-3H3/b8-6-,19-13?. The van der Waals surface area contributed by atoms with Crippen LogP contribution in [0.2, 0.25) is 0 Å². The number of nitrogens with zero attached hydrogens (tertiary/aromatic N) is 2. The maximum Gasteiger partial charge on any atom is 0.168 e. The van der Waals surface area contributed by atoms with E-state index in [2.05, 4.69) is 5.16 Å². The average Bonchev–Trinajstić information content (AvgIpc) is 2.56. The van der Waals surface area contributed by atoms with Crippen LogP contribution in [0, 0.1) is 11.8 Å². The van der Waals surface area contributed by atoms with Crippen molar-refractivity contribution >= 4 is 46.1 Å². The Hall–Kier alpha value is -1.27. The molecule has 0 aromatic carbocycles. The first-order chi connectivity index (χ1) is 11.5. The fraction of sp³-hybridized carbons (Fsp3) is 0.647. The molecule has 0 aliphatic carbocycles. The van der Waals surface area contributed by atoms with E-state index in [9.17, 15) is 9.59 Å². The molecule has 0 aromatic heterocycles. The molecule has 5 nitrogen and oxygen atoms in total. The molecular formula is C17H25ClN2O3S. The minimum atomic E-state index is -0.819. The molecule has 1 aliphatic rings. The van der Waals surface area contributed by atoms with E-state index in [4.69, 9.17) is 28.7 Å². The second-order valence-corrected chi connectivity index (χ2v) is 6.53. The van der Waals surface area contributed by atoms with Gasteiger partial charge in [-0.1, -0.05) is 56.2 Å². The maximum atomic E-state index is 12.5. The third-order valence-corrected chi connectivity index (χ3v) is 4.80. The van der Waals surface area contributed by atoms with E-state index < -0.39 is 5.92 Å². The van der Waals surface area contributed by atoms with E-state index in [0.717, 1.165) is 12.8 Å². The van der Waals surface area contributed by atoms with Crippen molar-refractivity contribution in [1.82, 2.24) is 4.90 Å². The molecule has 7 heteroatoms. The van der Waals surface area contributed by atoms with Gasteiger partial charge in [0.1, 0.15) is 12.5 Å². The van der Waals surface area contributed by atoms with Crippen LogP contribution in [0.4, 0.5) is 0 Å². The number of ketones is 2. The molecule has 1 heterocycles. The second kappa shape index (κ2) is 10.6. The number of Topliss-reactive ketones (excluding diaryl/α,β-unsaturated/α-hetero) is 2. The van der Waals surface area contributed by atoms with Crippen molar-refractivity contribution in [1.29, 1.82) is 0 Å². The average molecular weight is 373 g/mol. The van der Waals surface area contributed by atoms with Crippen molar-refractivity contribution in [3.63, 3.8) is 0 Å². The Labute approximate surface area is 154 Å². The second-order valence-electron chi connectivity index (χ2n) is 5.86. The lowest BCUT2D eigenvalue weighted by Gasteiger charge is -2.33. The molecular weight excluding hydrogens is 348 g/mol. The minimum absolute atomic E-state index is 0.157. The Morgan fingerprint density at radius 2 is 2.04 bits per heavy atom. The van der Waals surface area contributed by atoms with Crippen LogP contribution in [0.3, 0.4) is 0 Å². The largest absolute Gasteiger partial charge is 0.392 e. The quantitative estimate of drug-likeness (QED) is 0.215. The Kier molecular flexibility index (Phi) is 9.14. The topological polar surface area (TPSA) is 59.0 Å². The smallest absolute Gasteiger partial charge is 0.168 e. The molecule has 1 unspecified atom stereocenters. The highest BCUT2D eigenvalue weighted by Gasteiger charge is 2.39. The van der Waals surface area contributed by atoms with Gasteiger partial charge in [0.2, 0.25) is 0 Å². The zero-order valence-corrected chi connectivity index (χ0v) is 16.0. The first-order valence-corrected chi connectivity index (χ1v) is 9.08. The summed E-state index contributed by atoms with van der Waals surface area (Å²) < 4.78 is 0. The number of hydrogen-bond acceptors (Lipinski definition) is 5. The highest BCUT2D eigenvalue weighted by atomic mass is 35.5. The van der Waals surface area contributed by atoms with Gasteiger partial charge in [0.15, 0.2) is 11.6 Å². The summed E-state index contributed by atoms with van der Waals surface area (Å²) in [5, 5.41) is 4.01. The number of carbonyl (C=O) groups excluding carboxylic acids is 2. The molecule has 24 heavy (non-hydrogen) atoms. The van der Waals surface area contributed by atoms with Crippen LogP contribution in [0.1, 0.15) is 40.0 Å². The van der Waals surface area contributed by atoms with Gasteiger partial charge in [-0.2, -0.15) is 0 Å². The number of oxime groups is 1. The Bertz CT molecular complexity index is 516. The molecule has 1 atom stereocenters. The molecule has 0 bridgehead atoms. The molecule has 1 aliphatic heterocycles. The van der Waals surface area contributed by atoms with Gasteiger partial charge < -0.3 is 9.74 Å². The van der Waals surface area contributed by atoms with E-state index >= 15 is 0 Å². The van der Waals surface area contributed by atoms with Gasteiger partial charge in [-0.15, -0.1) is 0 Å². The predicted octanol–water partition coefficient (Wildman–Crippen LogP) is 3.36. The predicted molar refractivity (Wildman–Crippen MR) is 100 cm³/mol. The van der Waals surface area contributed by atoms with E-state index in [1.165, 1.54) is 5.54 Å². The molecule has 1 fully saturated rings. The number of hydrogen-bond donors (Lipinski definition) is 0. The third kappa shape index (κ3) is 5.67. The summed E-state index contributed by atoms with van der Waals surface area (Å²) in [5.41, 5.74) is 1.82. The SMILES string of the molecule is CCCC(=NOC/C=C\Cl)C1C(=O)CN(C(=S)C(C)CC)CC1=O.